The summed E-state index contributed by atoms with van der Waals surface area (Å²) in [7, 11) is 0. The van der Waals surface area contributed by atoms with Gasteiger partial charge in [0.1, 0.15) is 18.8 Å². The summed E-state index contributed by atoms with van der Waals surface area (Å²) in [4.78, 5) is 26.3. The quantitative estimate of drug-likeness (QED) is 0.887. The fraction of sp³-hybridized carbons (Fsp3) is 0.556. The lowest BCUT2D eigenvalue weighted by atomic mass is 10.1. The van der Waals surface area contributed by atoms with Crippen LogP contribution in [0.15, 0.2) is 18.2 Å². The largest absolute Gasteiger partial charge is 0.486 e. The number of nitrogens with zero attached hydrogens (tertiary/aromatic N) is 1. The van der Waals surface area contributed by atoms with Gasteiger partial charge in [-0.1, -0.05) is 6.07 Å². The van der Waals surface area contributed by atoms with Crippen LogP contribution in [0.4, 0.5) is 4.79 Å². The molecule has 1 N–H and O–H groups in total. The van der Waals surface area contributed by atoms with Crippen molar-refractivity contribution in [2.24, 2.45) is 0 Å². The third-order valence-corrected chi connectivity index (χ3v) is 3.99. The van der Waals surface area contributed by atoms with E-state index in [-0.39, 0.29) is 18.0 Å². The van der Waals surface area contributed by atoms with Gasteiger partial charge in [0.15, 0.2) is 11.5 Å². The number of para-hydroxylation sites is 1. The summed E-state index contributed by atoms with van der Waals surface area (Å²) in [5.41, 5.74) is -0.0771. The van der Waals surface area contributed by atoms with Gasteiger partial charge in [-0.25, -0.2) is 4.79 Å². The van der Waals surface area contributed by atoms with Crippen LogP contribution in [0, 0.1) is 0 Å². The molecule has 2 aliphatic rings. The lowest BCUT2D eigenvalue weighted by molar-refractivity contribution is 0.0290. The van der Waals surface area contributed by atoms with Crippen molar-refractivity contribution < 1.29 is 23.8 Å². The summed E-state index contributed by atoms with van der Waals surface area (Å²) < 4.78 is 16.5. The highest BCUT2D eigenvalue weighted by molar-refractivity contribution is 5.98. The van der Waals surface area contributed by atoms with Crippen molar-refractivity contribution in [3.8, 4) is 11.5 Å². The van der Waals surface area contributed by atoms with E-state index in [2.05, 4.69) is 5.32 Å². The number of amides is 2. The summed E-state index contributed by atoms with van der Waals surface area (Å²) in [6.07, 6.45) is 0.343. The van der Waals surface area contributed by atoms with E-state index in [1.807, 2.05) is 20.8 Å². The second-order valence-corrected chi connectivity index (χ2v) is 7.22. The van der Waals surface area contributed by atoms with Gasteiger partial charge in [-0.3, -0.25) is 4.79 Å². The molecule has 3 rings (SSSR count). The van der Waals surface area contributed by atoms with Gasteiger partial charge in [-0.15, -0.1) is 0 Å². The number of benzene rings is 1. The molecular formula is C18H24N2O5. The minimum atomic E-state index is -0.529. The zero-order chi connectivity index (χ0) is 18.0. The zero-order valence-electron chi connectivity index (χ0n) is 14.8. The molecule has 2 aliphatic heterocycles. The Kier molecular flexibility index (Phi) is 4.74. The van der Waals surface area contributed by atoms with E-state index in [1.165, 1.54) is 0 Å². The molecule has 1 saturated heterocycles. The highest BCUT2D eigenvalue weighted by Crippen LogP contribution is 2.33. The number of ether oxygens (including phenoxy) is 3. The normalized spacial score (nSPS) is 19.5. The van der Waals surface area contributed by atoms with E-state index in [1.54, 1.807) is 23.1 Å². The van der Waals surface area contributed by atoms with Gasteiger partial charge in [-0.2, -0.15) is 0 Å². The van der Waals surface area contributed by atoms with Crippen LogP contribution in [0.3, 0.4) is 0 Å². The number of nitrogens with one attached hydrogen (secondary N) is 1. The van der Waals surface area contributed by atoms with Crippen LogP contribution in [0.25, 0.3) is 0 Å². The summed E-state index contributed by atoms with van der Waals surface area (Å²) in [6.45, 7) is 7.40. The second kappa shape index (κ2) is 6.82. The molecule has 0 saturated carbocycles. The van der Waals surface area contributed by atoms with Crippen molar-refractivity contribution in [3.05, 3.63) is 23.8 Å². The zero-order valence-corrected chi connectivity index (χ0v) is 14.8. The molecule has 1 aromatic rings. The molecule has 7 heteroatoms. The standard InChI is InChI=1S/C18H24N2O5/c1-18(2,3)25-17(22)20-8-7-12(11-20)19-16(21)13-5-4-6-14-15(13)24-10-9-23-14/h4-6,12H,7-11H2,1-3H3,(H,19,21)/t12-/m1/s1. The predicted octanol–water partition coefficient (Wildman–Crippen LogP) is 2.20. The number of hydrogen-bond acceptors (Lipinski definition) is 5. The SMILES string of the molecule is CC(C)(C)OC(=O)N1CC[C@@H](NC(=O)c2cccc3c2OCCO3)C1. The number of carbonyl (C=O) groups is 2. The third-order valence-electron chi connectivity index (χ3n) is 3.99. The first kappa shape index (κ1) is 17.4. The van der Waals surface area contributed by atoms with Gasteiger partial charge in [0, 0.05) is 19.1 Å². The van der Waals surface area contributed by atoms with Gasteiger partial charge < -0.3 is 24.4 Å². The summed E-state index contributed by atoms with van der Waals surface area (Å²) >= 11 is 0. The highest BCUT2D eigenvalue weighted by atomic mass is 16.6. The molecule has 0 radical (unpaired) electrons. The van der Waals surface area contributed by atoms with E-state index >= 15 is 0 Å². The number of carbonyl (C=O) groups excluding carboxylic acids is 2. The van der Waals surface area contributed by atoms with E-state index < -0.39 is 5.60 Å². The Bertz CT molecular complexity index is 668. The Labute approximate surface area is 147 Å². The van der Waals surface area contributed by atoms with Crippen LogP contribution in [0.2, 0.25) is 0 Å². The summed E-state index contributed by atoms with van der Waals surface area (Å²) in [5, 5.41) is 2.97. The number of fused-ring (bicyclic) bond motifs is 1. The smallest absolute Gasteiger partial charge is 0.410 e. The second-order valence-electron chi connectivity index (χ2n) is 7.22. The molecule has 2 heterocycles. The lowest BCUT2D eigenvalue weighted by Crippen LogP contribution is -2.40. The topological polar surface area (TPSA) is 77.1 Å². The van der Waals surface area contributed by atoms with Gasteiger partial charge in [-0.05, 0) is 39.3 Å². The van der Waals surface area contributed by atoms with E-state index in [9.17, 15) is 9.59 Å². The van der Waals surface area contributed by atoms with Gasteiger partial charge >= 0.3 is 6.09 Å². The molecule has 1 fully saturated rings. The molecule has 136 valence electrons. The number of likely N-dealkylation sites (tertiary alicyclic amines) is 1. The molecule has 2 amide bonds. The average molecular weight is 348 g/mol. The molecular weight excluding hydrogens is 324 g/mol. The van der Waals surface area contributed by atoms with Crippen molar-refractivity contribution in [1.29, 1.82) is 0 Å². The minimum Gasteiger partial charge on any atom is -0.486 e. The maximum atomic E-state index is 12.6. The first-order valence-corrected chi connectivity index (χ1v) is 8.51. The van der Waals surface area contributed by atoms with Crippen molar-refractivity contribution in [2.75, 3.05) is 26.3 Å². The third kappa shape index (κ3) is 4.15. The van der Waals surface area contributed by atoms with Crippen molar-refractivity contribution >= 4 is 12.0 Å². The van der Waals surface area contributed by atoms with Crippen molar-refractivity contribution in [2.45, 2.75) is 38.8 Å². The summed E-state index contributed by atoms with van der Waals surface area (Å²) in [6, 6.07) is 5.15. The van der Waals surface area contributed by atoms with Crippen LogP contribution in [0.5, 0.6) is 11.5 Å². The molecule has 7 nitrogen and oxygen atoms in total. The van der Waals surface area contributed by atoms with Crippen LogP contribution in [0.1, 0.15) is 37.6 Å². The molecule has 25 heavy (non-hydrogen) atoms. The highest BCUT2D eigenvalue weighted by Gasteiger charge is 2.31. The predicted molar refractivity (Wildman–Crippen MR) is 91.1 cm³/mol. The van der Waals surface area contributed by atoms with E-state index in [0.29, 0.717) is 49.8 Å². The Morgan fingerprint density at radius 2 is 2.00 bits per heavy atom. The maximum absolute atomic E-state index is 12.6. The molecule has 0 unspecified atom stereocenters. The van der Waals surface area contributed by atoms with Crippen molar-refractivity contribution in [3.63, 3.8) is 0 Å². The monoisotopic (exact) mass is 348 g/mol. The molecule has 0 spiro atoms. The van der Waals surface area contributed by atoms with Crippen molar-refractivity contribution in [1.82, 2.24) is 10.2 Å². The van der Waals surface area contributed by atoms with Crippen LogP contribution < -0.4 is 14.8 Å². The average Bonchev–Trinajstić information content (AvgIpc) is 3.01. The van der Waals surface area contributed by atoms with Gasteiger partial charge in [0.2, 0.25) is 0 Å². The summed E-state index contributed by atoms with van der Waals surface area (Å²) in [5.74, 6) is 0.840. The number of rotatable bonds is 2. The first-order valence-electron chi connectivity index (χ1n) is 8.51. The Hall–Kier alpha value is -2.44. The molecule has 1 aromatic carbocycles. The fourth-order valence-corrected chi connectivity index (χ4v) is 2.89. The van der Waals surface area contributed by atoms with Crippen LogP contribution >= 0.6 is 0 Å². The van der Waals surface area contributed by atoms with Gasteiger partial charge in [0.05, 0.1) is 5.56 Å². The Morgan fingerprint density at radius 3 is 2.76 bits per heavy atom. The maximum Gasteiger partial charge on any atom is 0.410 e. The Balaban J connectivity index is 1.61. The van der Waals surface area contributed by atoms with Crippen LogP contribution in [-0.2, 0) is 4.74 Å². The number of hydrogen-bond donors (Lipinski definition) is 1. The Morgan fingerprint density at radius 1 is 1.24 bits per heavy atom. The van der Waals surface area contributed by atoms with E-state index in [4.69, 9.17) is 14.2 Å². The first-order chi connectivity index (χ1) is 11.8. The molecule has 0 aromatic heterocycles. The molecule has 1 atom stereocenters. The minimum absolute atomic E-state index is 0.111. The molecule has 0 bridgehead atoms. The van der Waals surface area contributed by atoms with E-state index in [0.717, 1.165) is 0 Å². The van der Waals surface area contributed by atoms with Crippen LogP contribution in [-0.4, -0.2) is 54.8 Å². The molecule has 0 aliphatic carbocycles. The fourth-order valence-electron chi connectivity index (χ4n) is 2.89. The lowest BCUT2D eigenvalue weighted by Gasteiger charge is -2.24. The van der Waals surface area contributed by atoms with Gasteiger partial charge in [0.25, 0.3) is 5.91 Å².